The van der Waals surface area contributed by atoms with Crippen molar-refractivity contribution in [1.29, 1.82) is 0 Å². The van der Waals surface area contributed by atoms with Crippen LogP contribution in [0.3, 0.4) is 0 Å². The quantitative estimate of drug-likeness (QED) is 0.483. The summed E-state index contributed by atoms with van der Waals surface area (Å²) in [4.78, 5) is 10.6. The van der Waals surface area contributed by atoms with Gasteiger partial charge in [0, 0.05) is 6.42 Å². The molecule has 0 bridgehead atoms. The van der Waals surface area contributed by atoms with Crippen LogP contribution in [0.5, 0.6) is 0 Å². The minimum absolute atomic E-state index is 0.0475. The predicted octanol–water partition coefficient (Wildman–Crippen LogP) is 3.46. The van der Waals surface area contributed by atoms with Gasteiger partial charge in [-0.15, -0.1) is 0 Å². The van der Waals surface area contributed by atoms with Crippen LogP contribution in [0.15, 0.2) is 0 Å². The topological polar surface area (TPSA) is 35.5 Å². The molecule has 100 valence electrons. The van der Waals surface area contributed by atoms with Crippen LogP contribution in [0.2, 0.25) is 0 Å². The number of unbranched alkanes of at least 4 members (excludes halogenated alkanes) is 4. The van der Waals surface area contributed by atoms with E-state index in [-0.39, 0.29) is 12.2 Å². The van der Waals surface area contributed by atoms with Gasteiger partial charge in [0.1, 0.15) is 6.29 Å². The Bertz CT molecular complexity index is 226. The van der Waals surface area contributed by atoms with Crippen LogP contribution >= 0.6 is 0 Å². The second kappa shape index (κ2) is 7.12. The van der Waals surface area contributed by atoms with Crippen LogP contribution in [0.25, 0.3) is 0 Å². The van der Waals surface area contributed by atoms with Crippen molar-refractivity contribution >= 4 is 6.29 Å². The number of hydrogen-bond donors (Lipinski definition) is 0. The highest BCUT2D eigenvalue weighted by Gasteiger charge is 2.40. The molecule has 1 aliphatic rings. The summed E-state index contributed by atoms with van der Waals surface area (Å²) in [7, 11) is 0. The Morgan fingerprint density at radius 1 is 1.06 bits per heavy atom. The molecule has 3 heteroatoms. The normalized spacial score (nSPS) is 27.2. The number of carbonyl (C=O) groups is 1. The van der Waals surface area contributed by atoms with E-state index in [2.05, 4.69) is 6.92 Å². The van der Waals surface area contributed by atoms with Crippen LogP contribution in [0.1, 0.15) is 65.7 Å². The molecule has 3 nitrogen and oxygen atoms in total. The summed E-state index contributed by atoms with van der Waals surface area (Å²) in [5.41, 5.74) is 0. The molecule has 1 rings (SSSR count). The Labute approximate surface area is 105 Å². The first-order valence-electron chi connectivity index (χ1n) is 6.88. The number of rotatable bonds is 8. The average molecular weight is 242 g/mol. The zero-order valence-corrected chi connectivity index (χ0v) is 11.4. The maximum atomic E-state index is 10.6. The standard InChI is InChI=1S/C14H26O3/c1-4-5-6-7-8-9-12-13(10-11-15)17-14(2,3)16-12/h11-13H,4-10H2,1-3H3/t12-,13-/m1/s1. The van der Waals surface area contributed by atoms with Crippen LogP contribution in [-0.2, 0) is 14.3 Å². The Morgan fingerprint density at radius 2 is 1.71 bits per heavy atom. The van der Waals surface area contributed by atoms with Gasteiger partial charge in [-0.05, 0) is 20.3 Å². The van der Waals surface area contributed by atoms with E-state index in [1.165, 1.54) is 32.1 Å². The molecule has 0 aromatic heterocycles. The second-order valence-electron chi connectivity index (χ2n) is 5.32. The Kier molecular flexibility index (Phi) is 6.14. The maximum absolute atomic E-state index is 10.6. The zero-order chi connectivity index (χ0) is 12.7. The summed E-state index contributed by atoms with van der Waals surface area (Å²) >= 11 is 0. The number of ether oxygens (including phenoxy) is 2. The summed E-state index contributed by atoms with van der Waals surface area (Å²) in [5.74, 6) is -0.526. The minimum Gasteiger partial charge on any atom is -0.345 e. The third-order valence-corrected chi connectivity index (χ3v) is 3.21. The van der Waals surface area contributed by atoms with E-state index in [0.29, 0.717) is 6.42 Å². The van der Waals surface area contributed by atoms with Crippen LogP contribution in [0, 0.1) is 0 Å². The molecule has 1 fully saturated rings. The molecular weight excluding hydrogens is 216 g/mol. The van der Waals surface area contributed by atoms with E-state index in [1.807, 2.05) is 13.8 Å². The molecule has 0 amide bonds. The van der Waals surface area contributed by atoms with Crippen molar-refractivity contribution in [2.45, 2.75) is 83.7 Å². The summed E-state index contributed by atoms with van der Waals surface area (Å²) in [6.07, 6.45) is 8.72. The Morgan fingerprint density at radius 3 is 2.35 bits per heavy atom. The molecule has 0 radical (unpaired) electrons. The van der Waals surface area contributed by atoms with E-state index >= 15 is 0 Å². The molecule has 0 aromatic rings. The van der Waals surface area contributed by atoms with Gasteiger partial charge in [-0.1, -0.05) is 39.0 Å². The monoisotopic (exact) mass is 242 g/mol. The van der Waals surface area contributed by atoms with Crippen molar-refractivity contribution in [2.24, 2.45) is 0 Å². The third kappa shape index (κ3) is 5.17. The van der Waals surface area contributed by atoms with Crippen molar-refractivity contribution in [2.75, 3.05) is 0 Å². The molecular formula is C14H26O3. The first kappa shape index (κ1) is 14.7. The van der Waals surface area contributed by atoms with E-state index in [9.17, 15) is 4.79 Å². The summed E-state index contributed by atoms with van der Waals surface area (Å²) in [6, 6.07) is 0. The Balaban J connectivity index is 2.27. The van der Waals surface area contributed by atoms with E-state index < -0.39 is 5.79 Å². The van der Waals surface area contributed by atoms with Gasteiger partial charge in [0.2, 0.25) is 0 Å². The average Bonchev–Trinajstić information content (AvgIpc) is 2.54. The fourth-order valence-corrected chi connectivity index (χ4v) is 2.40. The van der Waals surface area contributed by atoms with E-state index in [1.54, 1.807) is 0 Å². The summed E-state index contributed by atoms with van der Waals surface area (Å²) in [6.45, 7) is 6.06. The molecule has 0 saturated carbocycles. The first-order chi connectivity index (χ1) is 8.09. The molecule has 0 N–H and O–H groups in total. The minimum atomic E-state index is -0.526. The van der Waals surface area contributed by atoms with E-state index in [4.69, 9.17) is 9.47 Å². The summed E-state index contributed by atoms with van der Waals surface area (Å²) < 4.78 is 11.6. The SMILES string of the molecule is CCCCCCC[C@H]1OC(C)(C)O[C@@H]1CC=O. The van der Waals surface area contributed by atoms with Gasteiger partial charge in [0.15, 0.2) is 5.79 Å². The second-order valence-corrected chi connectivity index (χ2v) is 5.32. The first-order valence-corrected chi connectivity index (χ1v) is 6.88. The lowest BCUT2D eigenvalue weighted by Crippen LogP contribution is -2.22. The van der Waals surface area contributed by atoms with Gasteiger partial charge in [0.25, 0.3) is 0 Å². The molecule has 0 unspecified atom stereocenters. The third-order valence-electron chi connectivity index (χ3n) is 3.21. The molecule has 1 saturated heterocycles. The van der Waals surface area contributed by atoms with Gasteiger partial charge < -0.3 is 14.3 Å². The zero-order valence-electron chi connectivity index (χ0n) is 11.4. The number of carbonyl (C=O) groups excluding carboxylic acids is 1. The van der Waals surface area contributed by atoms with Crippen molar-refractivity contribution in [1.82, 2.24) is 0 Å². The van der Waals surface area contributed by atoms with Crippen molar-refractivity contribution in [3.8, 4) is 0 Å². The number of hydrogen-bond acceptors (Lipinski definition) is 3. The molecule has 0 aliphatic carbocycles. The lowest BCUT2D eigenvalue weighted by molar-refractivity contribution is -0.147. The largest absolute Gasteiger partial charge is 0.345 e. The van der Waals surface area contributed by atoms with Crippen LogP contribution < -0.4 is 0 Å². The maximum Gasteiger partial charge on any atom is 0.163 e. The highest BCUT2D eigenvalue weighted by Crippen LogP contribution is 2.32. The number of aldehydes is 1. The van der Waals surface area contributed by atoms with Crippen molar-refractivity contribution < 1.29 is 14.3 Å². The fraction of sp³-hybridized carbons (Fsp3) is 0.929. The molecule has 1 heterocycles. The van der Waals surface area contributed by atoms with Crippen molar-refractivity contribution in [3.63, 3.8) is 0 Å². The summed E-state index contributed by atoms with van der Waals surface area (Å²) in [5, 5.41) is 0. The highest BCUT2D eigenvalue weighted by molar-refractivity contribution is 5.50. The van der Waals surface area contributed by atoms with Gasteiger partial charge in [-0.3, -0.25) is 0 Å². The Hall–Kier alpha value is -0.410. The van der Waals surface area contributed by atoms with Gasteiger partial charge in [-0.25, -0.2) is 0 Å². The van der Waals surface area contributed by atoms with Gasteiger partial charge in [-0.2, -0.15) is 0 Å². The van der Waals surface area contributed by atoms with Gasteiger partial charge in [0.05, 0.1) is 12.2 Å². The molecule has 2 atom stereocenters. The van der Waals surface area contributed by atoms with Crippen LogP contribution in [0.4, 0.5) is 0 Å². The molecule has 17 heavy (non-hydrogen) atoms. The van der Waals surface area contributed by atoms with Crippen LogP contribution in [-0.4, -0.2) is 24.3 Å². The molecule has 1 aliphatic heterocycles. The van der Waals surface area contributed by atoms with E-state index in [0.717, 1.165) is 12.7 Å². The molecule has 0 aromatic carbocycles. The smallest absolute Gasteiger partial charge is 0.163 e. The highest BCUT2D eigenvalue weighted by atomic mass is 16.7. The lowest BCUT2D eigenvalue weighted by atomic mass is 10.0. The fourth-order valence-electron chi connectivity index (χ4n) is 2.40. The predicted molar refractivity (Wildman–Crippen MR) is 67.9 cm³/mol. The molecule has 0 spiro atoms. The van der Waals surface area contributed by atoms with Crippen molar-refractivity contribution in [3.05, 3.63) is 0 Å². The lowest BCUT2D eigenvalue weighted by Gasteiger charge is -2.16. The van der Waals surface area contributed by atoms with Gasteiger partial charge >= 0.3 is 0 Å².